The van der Waals surface area contributed by atoms with Crippen LogP contribution in [0, 0.1) is 0 Å². The van der Waals surface area contributed by atoms with Crippen molar-refractivity contribution in [2.45, 2.75) is 122 Å². The number of allylic oxidation sites excluding steroid dienone is 20. The molecule has 0 aliphatic rings. The molecule has 3 N–H and O–H groups in total. The largest absolute Gasteiger partial charge is 0.469 e. The van der Waals surface area contributed by atoms with Crippen LogP contribution in [-0.2, 0) is 28.2 Å². The number of carbonyl (C=O) groups is 2. The van der Waals surface area contributed by atoms with E-state index in [-0.39, 0.29) is 19.4 Å². The first-order valence-corrected chi connectivity index (χ1v) is 21.1. The molecule has 10 heteroatoms. The molecule has 0 saturated heterocycles. The highest BCUT2D eigenvalue weighted by Gasteiger charge is 2.22. The van der Waals surface area contributed by atoms with E-state index < -0.39 is 38.6 Å². The number of carbonyl (C=O) groups excluding carboxylic acids is 2. The Morgan fingerprint density at radius 1 is 0.564 bits per heavy atom. The number of unbranched alkanes of at least 4 members (excludes halogenated alkanes) is 1. The van der Waals surface area contributed by atoms with E-state index in [0.29, 0.717) is 32.1 Å². The summed E-state index contributed by atoms with van der Waals surface area (Å²) in [6, 6.07) is 0. The van der Waals surface area contributed by atoms with Crippen LogP contribution in [0.3, 0.4) is 0 Å². The molecule has 306 valence electrons. The summed E-state index contributed by atoms with van der Waals surface area (Å²) in [6.45, 7) is 3.25. The zero-order valence-electron chi connectivity index (χ0n) is 33.1. The number of hydrogen-bond acceptors (Lipinski definition) is 7. The molecule has 55 heavy (non-hydrogen) atoms. The molecule has 9 nitrogen and oxygen atoms in total. The van der Waals surface area contributed by atoms with Crippen LogP contribution in [0.4, 0.5) is 0 Å². The fourth-order valence-electron chi connectivity index (χ4n) is 4.40. The zero-order valence-corrected chi connectivity index (χ0v) is 34.0. The van der Waals surface area contributed by atoms with Gasteiger partial charge in [-0.25, -0.2) is 4.57 Å². The van der Waals surface area contributed by atoms with E-state index in [0.717, 1.165) is 51.4 Å². The van der Waals surface area contributed by atoms with Crippen molar-refractivity contribution in [2.75, 3.05) is 13.2 Å². The standard InChI is InChI=1S/C45H67O9P/c1-3-5-7-9-11-12-13-14-15-16-17-18-19-23-26-30-34-38-44(47)52-40-43(41-53-55(49,50)51)54-45(48)39-35-31-27-24-21-20-22-25-29-33-37-42(46)36-32-28-10-8-6-4-2/h5-8,11-12,14-15,17-18,20-21,23,25-29,31-33,37,42-43,46H,3-4,9-10,13,16,19,22,24,30,34-36,38-41H2,1-2H3,(H2,49,50,51)/b7-5-,8-6-,12-11-,15-14-,18-17-,21-20-,26-23-,29-25-,31-27-,32-28-,37-33+/t42?,43-/m1/s1. The predicted molar refractivity (Wildman–Crippen MR) is 226 cm³/mol. The molecule has 1 unspecified atom stereocenters. The lowest BCUT2D eigenvalue weighted by Gasteiger charge is -2.18. The van der Waals surface area contributed by atoms with Gasteiger partial charge in [-0.3, -0.25) is 14.1 Å². The van der Waals surface area contributed by atoms with E-state index in [9.17, 15) is 19.3 Å². The lowest BCUT2D eigenvalue weighted by Crippen LogP contribution is -2.29. The molecule has 0 rings (SSSR count). The maximum atomic E-state index is 12.4. The van der Waals surface area contributed by atoms with Gasteiger partial charge in [0, 0.05) is 12.8 Å². The minimum Gasteiger partial charge on any atom is -0.462 e. The minimum atomic E-state index is -4.81. The van der Waals surface area contributed by atoms with Crippen molar-refractivity contribution in [2.24, 2.45) is 0 Å². The third kappa shape index (κ3) is 41.2. The van der Waals surface area contributed by atoms with E-state index in [4.69, 9.17) is 19.3 Å². The lowest BCUT2D eigenvalue weighted by atomic mass is 10.2. The fraction of sp³-hybridized carbons (Fsp3) is 0.467. The summed E-state index contributed by atoms with van der Waals surface area (Å²) >= 11 is 0. The Kier molecular flexibility index (Phi) is 35.7. The average molecular weight is 783 g/mol. The van der Waals surface area contributed by atoms with Gasteiger partial charge in [0.2, 0.25) is 0 Å². The molecule has 0 heterocycles. The van der Waals surface area contributed by atoms with Crippen molar-refractivity contribution in [3.05, 3.63) is 134 Å². The van der Waals surface area contributed by atoms with E-state index >= 15 is 0 Å². The smallest absolute Gasteiger partial charge is 0.462 e. The van der Waals surface area contributed by atoms with Crippen LogP contribution in [0.5, 0.6) is 0 Å². The van der Waals surface area contributed by atoms with Gasteiger partial charge in [-0.2, -0.15) is 0 Å². The Labute approximate surface area is 331 Å². The summed E-state index contributed by atoms with van der Waals surface area (Å²) in [6.07, 6.45) is 53.6. The van der Waals surface area contributed by atoms with Gasteiger partial charge < -0.3 is 24.4 Å². The molecular formula is C45H67O9P. The molecule has 0 saturated carbocycles. The molecule has 0 fully saturated rings. The molecule has 0 aliphatic carbocycles. The lowest BCUT2D eigenvalue weighted by molar-refractivity contribution is -0.161. The van der Waals surface area contributed by atoms with Crippen LogP contribution in [-0.4, -0.2) is 52.3 Å². The average Bonchev–Trinajstić information content (AvgIpc) is 3.15. The normalized spacial score (nSPS) is 14.5. The summed E-state index contributed by atoms with van der Waals surface area (Å²) in [4.78, 5) is 42.7. The highest BCUT2D eigenvalue weighted by Crippen LogP contribution is 2.35. The van der Waals surface area contributed by atoms with E-state index in [1.54, 1.807) is 6.08 Å². The summed E-state index contributed by atoms with van der Waals surface area (Å²) in [5.74, 6) is -1.10. The van der Waals surface area contributed by atoms with Gasteiger partial charge in [0.25, 0.3) is 0 Å². The number of esters is 2. The quantitative estimate of drug-likeness (QED) is 0.0195. The van der Waals surface area contributed by atoms with Gasteiger partial charge in [0.15, 0.2) is 6.10 Å². The molecule has 0 aliphatic heterocycles. The molecule has 2 atom stereocenters. The van der Waals surface area contributed by atoms with Crippen molar-refractivity contribution in [3.63, 3.8) is 0 Å². The van der Waals surface area contributed by atoms with Crippen molar-refractivity contribution in [1.29, 1.82) is 0 Å². The van der Waals surface area contributed by atoms with E-state index in [1.807, 2.05) is 66.8 Å². The van der Waals surface area contributed by atoms with Gasteiger partial charge in [-0.15, -0.1) is 0 Å². The molecule has 0 aromatic heterocycles. The minimum absolute atomic E-state index is 0.0421. The van der Waals surface area contributed by atoms with Crippen LogP contribution in [0.1, 0.15) is 110 Å². The Bertz CT molecular complexity index is 1360. The van der Waals surface area contributed by atoms with Crippen LogP contribution in [0.15, 0.2) is 134 Å². The van der Waals surface area contributed by atoms with Crippen LogP contribution >= 0.6 is 7.82 Å². The maximum absolute atomic E-state index is 12.4. The Hall–Kier alpha value is -3.85. The predicted octanol–water partition coefficient (Wildman–Crippen LogP) is 10.9. The first kappa shape index (κ1) is 51.1. The van der Waals surface area contributed by atoms with Crippen molar-refractivity contribution in [3.8, 4) is 0 Å². The fourth-order valence-corrected chi connectivity index (χ4v) is 4.76. The van der Waals surface area contributed by atoms with Crippen LogP contribution in [0.25, 0.3) is 0 Å². The molecule has 0 aromatic carbocycles. The van der Waals surface area contributed by atoms with Crippen molar-refractivity contribution in [1.82, 2.24) is 0 Å². The summed E-state index contributed by atoms with van der Waals surface area (Å²) in [5, 5.41) is 9.97. The van der Waals surface area contributed by atoms with Crippen molar-refractivity contribution >= 4 is 19.8 Å². The molecular weight excluding hydrogens is 715 g/mol. The highest BCUT2D eigenvalue weighted by molar-refractivity contribution is 7.46. The summed E-state index contributed by atoms with van der Waals surface area (Å²) < 4.78 is 26.2. The van der Waals surface area contributed by atoms with Crippen molar-refractivity contribution < 1.29 is 43.0 Å². The van der Waals surface area contributed by atoms with Gasteiger partial charge in [-0.05, 0) is 83.5 Å². The second kappa shape index (κ2) is 38.4. The maximum Gasteiger partial charge on any atom is 0.469 e. The number of ether oxygens (including phenoxy) is 2. The van der Waals surface area contributed by atoms with Crippen LogP contribution in [0.2, 0.25) is 0 Å². The van der Waals surface area contributed by atoms with Gasteiger partial charge in [0.05, 0.1) is 12.7 Å². The third-order valence-electron chi connectivity index (χ3n) is 7.26. The number of aliphatic hydroxyl groups excluding tert-OH is 1. The van der Waals surface area contributed by atoms with E-state index in [1.165, 1.54) is 0 Å². The Balaban J connectivity index is 4.28. The molecule has 0 amide bonds. The monoisotopic (exact) mass is 782 g/mol. The number of hydrogen-bond donors (Lipinski definition) is 3. The van der Waals surface area contributed by atoms with E-state index in [2.05, 4.69) is 79.1 Å². The second-order valence-corrected chi connectivity index (χ2v) is 13.6. The highest BCUT2D eigenvalue weighted by atomic mass is 31.2. The van der Waals surface area contributed by atoms with Gasteiger partial charge in [-0.1, -0.05) is 148 Å². The second-order valence-electron chi connectivity index (χ2n) is 12.3. The molecule has 0 radical (unpaired) electrons. The van der Waals surface area contributed by atoms with Gasteiger partial charge in [0.1, 0.15) is 6.61 Å². The number of phosphoric acid groups is 1. The number of rotatable bonds is 33. The first-order valence-electron chi connectivity index (χ1n) is 19.6. The van der Waals surface area contributed by atoms with Crippen LogP contribution < -0.4 is 0 Å². The van der Waals surface area contributed by atoms with Gasteiger partial charge >= 0.3 is 19.8 Å². The Morgan fingerprint density at radius 2 is 1.04 bits per heavy atom. The molecule has 0 bridgehead atoms. The topological polar surface area (TPSA) is 140 Å². The number of phosphoric ester groups is 1. The summed E-state index contributed by atoms with van der Waals surface area (Å²) in [7, 11) is -4.81. The molecule has 0 spiro atoms. The number of aliphatic hydroxyl groups is 1. The zero-order chi connectivity index (χ0) is 40.5. The first-order chi connectivity index (χ1) is 26.7. The SMILES string of the molecule is CC/C=C\C/C=C\C/C=C\C/C=C\C/C=C\CCCC(=O)OC[C@H](COP(=O)(O)O)OC(=O)CC/C=C\C/C=C\C/C=C\C=C\C(O)C/C=C\C/C=C\CC. The third-order valence-corrected chi connectivity index (χ3v) is 7.74. The Morgan fingerprint density at radius 3 is 1.56 bits per heavy atom. The summed E-state index contributed by atoms with van der Waals surface area (Å²) in [5.41, 5.74) is 0. The molecule has 0 aromatic rings.